The van der Waals surface area contributed by atoms with Crippen molar-refractivity contribution in [1.82, 2.24) is 6.15 Å². The highest BCUT2D eigenvalue weighted by Gasteiger charge is 2.19. The van der Waals surface area contributed by atoms with E-state index in [1.807, 2.05) is 12.2 Å². The molecular formula is C46H82NO8P. The van der Waals surface area contributed by atoms with Crippen molar-refractivity contribution in [2.75, 3.05) is 13.2 Å². The third-order valence-corrected chi connectivity index (χ3v) is 9.47. The number of carbonyl (C=O) groups excluding carboxylic acids is 2. The fourth-order valence-corrected chi connectivity index (χ4v) is 6.16. The number of carbonyl (C=O) groups is 2. The van der Waals surface area contributed by atoms with Crippen LogP contribution < -0.4 is 11.0 Å². The highest BCUT2D eigenvalue weighted by Crippen LogP contribution is 2.30. The molecule has 1 unspecified atom stereocenters. The van der Waals surface area contributed by atoms with E-state index < -0.39 is 32.5 Å². The van der Waals surface area contributed by atoms with Gasteiger partial charge in [-0.1, -0.05) is 196 Å². The lowest BCUT2D eigenvalue weighted by Gasteiger charge is -2.21. The number of ether oxygens (including phenoxy) is 2. The molecule has 324 valence electrons. The molecule has 0 saturated heterocycles. The number of phosphoric ester groups is 1. The number of phosphoric acid groups is 1. The van der Waals surface area contributed by atoms with Crippen LogP contribution in [0.5, 0.6) is 0 Å². The summed E-state index contributed by atoms with van der Waals surface area (Å²) in [5.41, 5.74) is 0. The van der Waals surface area contributed by atoms with Gasteiger partial charge >= 0.3 is 11.9 Å². The Balaban J connectivity index is 0. The van der Waals surface area contributed by atoms with Crippen molar-refractivity contribution in [3.8, 4) is 0 Å². The number of quaternary nitrogens is 1. The first-order valence-electron chi connectivity index (χ1n) is 21.7. The number of esters is 2. The van der Waals surface area contributed by atoms with Crippen LogP contribution in [0.15, 0.2) is 72.9 Å². The quantitative estimate of drug-likeness (QED) is 0.0269. The summed E-state index contributed by atoms with van der Waals surface area (Å²) in [6.07, 6.45) is 53.3. The maximum Gasteiger partial charge on any atom is 0.306 e. The van der Waals surface area contributed by atoms with Gasteiger partial charge in [-0.05, 0) is 51.4 Å². The number of hydrogen-bond donors (Lipinski definition) is 2. The number of rotatable bonds is 39. The van der Waals surface area contributed by atoms with Gasteiger partial charge in [0.15, 0.2) is 6.10 Å². The maximum atomic E-state index is 12.4. The van der Waals surface area contributed by atoms with Gasteiger partial charge in [0, 0.05) is 12.8 Å². The predicted molar refractivity (Wildman–Crippen MR) is 233 cm³/mol. The number of hydrogen-bond acceptors (Lipinski definition) is 7. The maximum absolute atomic E-state index is 12.4. The second-order valence-electron chi connectivity index (χ2n) is 14.3. The molecule has 0 rings (SSSR count). The summed E-state index contributed by atoms with van der Waals surface area (Å²) in [7, 11) is -5.03. The fraction of sp³-hybridized carbons (Fsp3) is 0.696. The van der Waals surface area contributed by atoms with Gasteiger partial charge in [-0.25, -0.2) is 0 Å². The first kappa shape index (κ1) is 55.5. The van der Waals surface area contributed by atoms with Crippen molar-refractivity contribution in [2.45, 2.75) is 193 Å². The van der Waals surface area contributed by atoms with E-state index in [2.05, 4.69) is 79.1 Å². The van der Waals surface area contributed by atoms with Crippen molar-refractivity contribution in [1.29, 1.82) is 0 Å². The first-order valence-corrected chi connectivity index (χ1v) is 23.2. The van der Waals surface area contributed by atoms with Gasteiger partial charge in [-0.2, -0.15) is 0 Å². The van der Waals surface area contributed by atoms with E-state index in [0.29, 0.717) is 12.8 Å². The lowest BCUT2D eigenvalue weighted by Crippen LogP contribution is -2.30. The van der Waals surface area contributed by atoms with Crippen LogP contribution in [0.3, 0.4) is 0 Å². The lowest BCUT2D eigenvalue weighted by atomic mass is 10.0. The molecule has 0 spiro atoms. The van der Waals surface area contributed by atoms with E-state index in [4.69, 9.17) is 14.4 Å². The molecule has 0 aliphatic rings. The molecule has 0 bridgehead atoms. The molecule has 0 fully saturated rings. The van der Waals surface area contributed by atoms with Crippen LogP contribution in [0.25, 0.3) is 0 Å². The van der Waals surface area contributed by atoms with Gasteiger partial charge in [0.25, 0.3) is 7.82 Å². The highest BCUT2D eigenvalue weighted by molar-refractivity contribution is 7.44. The second kappa shape index (κ2) is 43.6. The minimum absolute atomic E-state index is 0. The molecule has 56 heavy (non-hydrogen) atoms. The van der Waals surface area contributed by atoms with E-state index >= 15 is 0 Å². The topological polar surface area (TPSA) is 159 Å². The monoisotopic (exact) mass is 808 g/mol. The van der Waals surface area contributed by atoms with E-state index in [1.54, 1.807) is 0 Å². The molecule has 0 aromatic rings. The minimum Gasteiger partial charge on any atom is -0.756 e. The second-order valence-corrected chi connectivity index (χ2v) is 15.5. The average Bonchev–Trinajstić information content (AvgIpc) is 3.16. The predicted octanol–water partition coefficient (Wildman–Crippen LogP) is 13.2. The summed E-state index contributed by atoms with van der Waals surface area (Å²) >= 11 is 0. The standard InChI is InChI=1S/C46H79O8P.H3N/c1-3-5-7-9-11-13-15-17-19-21-23-25-27-29-31-33-35-37-39-41-46(48)54-44(43-53-55(49,50)51)42-52-45(47)40-38-36-34-32-30-28-26-24-22-20-18-16-14-12-10-8-6-4-2;/h5,7,11,13,17,19,23,25,29,31,35,37,44H,3-4,6,8-10,12,14-16,18,20-22,24,26-28,30,32-34,36,38-43H2,1-2H3,(H2,49,50,51);1H3/b7-5-,13-11-,19-17-,25-23-,31-29-,37-35-;/t44-;/m1./s1. The molecule has 5 N–H and O–H groups in total. The van der Waals surface area contributed by atoms with Crippen molar-refractivity contribution in [3.63, 3.8) is 0 Å². The Morgan fingerprint density at radius 1 is 0.536 bits per heavy atom. The summed E-state index contributed by atoms with van der Waals surface area (Å²) in [4.78, 5) is 44.7. The molecule has 0 aromatic carbocycles. The summed E-state index contributed by atoms with van der Waals surface area (Å²) < 4.78 is 26.1. The smallest absolute Gasteiger partial charge is 0.306 e. The zero-order valence-electron chi connectivity index (χ0n) is 35.8. The normalized spacial score (nSPS) is 13.8. The Bertz CT molecular complexity index is 1120. The Morgan fingerprint density at radius 2 is 0.911 bits per heavy atom. The molecule has 2 atom stereocenters. The fourth-order valence-electron chi connectivity index (χ4n) is 5.81. The summed E-state index contributed by atoms with van der Waals surface area (Å²) in [6, 6.07) is 0. The third kappa shape index (κ3) is 45.8. The van der Waals surface area contributed by atoms with Gasteiger partial charge in [0.05, 0.1) is 6.61 Å². The van der Waals surface area contributed by atoms with Crippen molar-refractivity contribution in [3.05, 3.63) is 72.9 Å². The Hall–Kier alpha value is -2.55. The van der Waals surface area contributed by atoms with Gasteiger partial charge in [0.2, 0.25) is 0 Å². The molecule has 10 heteroatoms. The molecule has 0 amide bonds. The van der Waals surface area contributed by atoms with Crippen LogP contribution in [-0.2, 0) is 28.2 Å². The zero-order chi connectivity index (χ0) is 40.3. The number of allylic oxidation sites excluding steroid dienone is 12. The lowest BCUT2D eigenvalue weighted by molar-refractivity contribution is -0.223. The van der Waals surface area contributed by atoms with E-state index in [9.17, 15) is 19.0 Å². The van der Waals surface area contributed by atoms with Crippen LogP contribution in [-0.4, -0.2) is 36.1 Å². The average molecular weight is 808 g/mol. The van der Waals surface area contributed by atoms with Crippen molar-refractivity contribution < 1.29 is 37.9 Å². The van der Waals surface area contributed by atoms with Crippen LogP contribution in [0.1, 0.15) is 187 Å². The van der Waals surface area contributed by atoms with E-state index in [0.717, 1.165) is 57.8 Å². The molecule has 0 aliphatic carbocycles. The Labute approximate surface area is 342 Å². The van der Waals surface area contributed by atoms with Crippen molar-refractivity contribution >= 4 is 19.8 Å². The summed E-state index contributed by atoms with van der Waals surface area (Å²) in [6.45, 7) is 3.43. The van der Waals surface area contributed by atoms with E-state index in [-0.39, 0.29) is 25.6 Å². The molecule has 0 saturated carbocycles. The minimum atomic E-state index is -5.03. The number of unbranched alkanes of at least 4 members (excludes halogenated alkanes) is 17. The van der Waals surface area contributed by atoms with Crippen LogP contribution in [0.4, 0.5) is 0 Å². The largest absolute Gasteiger partial charge is 0.756 e. The van der Waals surface area contributed by atoms with Crippen LogP contribution in [0, 0.1) is 0 Å². The summed E-state index contributed by atoms with van der Waals surface area (Å²) in [5, 5.41) is 0. The van der Waals surface area contributed by atoms with Gasteiger partial charge < -0.3 is 29.9 Å². The molecule has 0 radical (unpaired) electrons. The van der Waals surface area contributed by atoms with Gasteiger partial charge in [0.1, 0.15) is 6.61 Å². The van der Waals surface area contributed by atoms with Crippen molar-refractivity contribution in [2.24, 2.45) is 0 Å². The zero-order valence-corrected chi connectivity index (χ0v) is 36.7. The molecule has 0 heterocycles. The van der Waals surface area contributed by atoms with Crippen LogP contribution in [0.2, 0.25) is 0 Å². The van der Waals surface area contributed by atoms with Gasteiger partial charge in [-0.15, -0.1) is 0 Å². The SMILES string of the molecule is CC/C=C\C/C=C\C/C=C\C/C=C\C/C=C\C/C=C\CCC(=O)O[C@H](COC(=O)CCCCCCCCCCCCCCCCCCCC)COP(=O)([O-])O.[NH4+]. The molecule has 0 aromatic heterocycles. The Morgan fingerprint density at radius 3 is 1.30 bits per heavy atom. The van der Waals surface area contributed by atoms with E-state index in [1.165, 1.54) is 89.9 Å². The summed E-state index contributed by atoms with van der Waals surface area (Å²) in [5.74, 6) is -1.02. The molecular weight excluding hydrogens is 725 g/mol. The molecule has 9 nitrogen and oxygen atoms in total. The van der Waals surface area contributed by atoms with Crippen LogP contribution >= 0.6 is 7.82 Å². The van der Waals surface area contributed by atoms with Gasteiger partial charge in [-0.3, -0.25) is 14.2 Å². The molecule has 0 aliphatic heterocycles. The first-order chi connectivity index (χ1) is 26.8. The third-order valence-electron chi connectivity index (χ3n) is 9.00. The Kier molecular flexibility index (Phi) is 43.2. The highest BCUT2D eigenvalue weighted by atomic mass is 31.2.